The van der Waals surface area contributed by atoms with Gasteiger partial charge in [-0.05, 0) is 62.1 Å². The van der Waals surface area contributed by atoms with Gasteiger partial charge in [0.2, 0.25) is 0 Å². The first-order chi connectivity index (χ1) is 15.2. The van der Waals surface area contributed by atoms with Gasteiger partial charge < -0.3 is 14.0 Å². The molecule has 1 heterocycles. The van der Waals surface area contributed by atoms with Crippen LogP contribution in [-0.4, -0.2) is 16.2 Å². The molecule has 0 spiro atoms. The van der Waals surface area contributed by atoms with Crippen molar-refractivity contribution in [1.82, 2.24) is 9.55 Å². The number of fused-ring (bicyclic) bond motifs is 1. The Labute approximate surface area is 184 Å². The van der Waals surface area contributed by atoms with Crippen molar-refractivity contribution in [3.05, 3.63) is 89.7 Å². The number of hydrogen-bond acceptors (Lipinski definition) is 3. The molecule has 0 saturated carbocycles. The number of benzene rings is 3. The molecule has 0 aliphatic carbocycles. The Morgan fingerprint density at radius 3 is 2.32 bits per heavy atom. The zero-order chi connectivity index (χ0) is 21.6. The number of hydrogen-bond donors (Lipinski definition) is 0. The molecule has 0 fully saturated rings. The first kappa shape index (κ1) is 21.0. The molecule has 1 unspecified atom stereocenters. The predicted molar refractivity (Wildman–Crippen MR) is 126 cm³/mol. The van der Waals surface area contributed by atoms with Gasteiger partial charge in [-0.25, -0.2) is 4.98 Å². The molecule has 31 heavy (non-hydrogen) atoms. The molecule has 0 aliphatic rings. The van der Waals surface area contributed by atoms with E-state index in [0.717, 1.165) is 47.7 Å². The lowest BCUT2D eigenvalue weighted by Crippen LogP contribution is -2.15. The summed E-state index contributed by atoms with van der Waals surface area (Å²) in [6, 6.07) is 24.5. The van der Waals surface area contributed by atoms with Gasteiger partial charge in [-0.3, -0.25) is 0 Å². The summed E-state index contributed by atoms with van der Waals surface area (Å²) in [6.07, 6.45) is 1.63. The summed E-state index contributed by atoms with van der Waals surface area (Å²) < 4.78 is 14.7. The molecular formula is C27H30N2O2. The maximum Gasteiger partial charge on any atom is 0.156 e. The smallest absolute Gasteiger partial charge is 0.156 e. The monoisotopic (exact) mass is 414 g/mol. The van der Waals surface area contributed by atoms with Crippen molar-refractivity contribution in [3.8, 4) is 11.5 Å². The predicted octanol–water partition coefficient (Wildman–Crippen LogP) is 6.65. The minimum absolute atomic E-state index is 0.102. The van der Waals surface area contributed by atoms with Crippen LogP contribution in [0.4, 0.5) is 0 Å². The molecule has 0 N–H and O–H groups in total. The van der Waals surface area contributed by atoms with Crippen LogP contribution in [0.1, 0.15) is 42.8 Å². The van der Waals surface area contributed by atoms with E-state index in [1.807, 2.05) is 36.4 Å². The summed E-state index contributed by atoms with van der Waals surface area (Å²) in [5.74, 6) is 2.84. The minimum Gasteiger partial charge on any atom is -0.493 e. The number of nitrogens with zero attached hydrogens (tertiary/aromatic N) is 2. The summed E-state index contributed by atoms with van der Waals surface area (Å²) in [5, 5.41) is 0. The highest BCUT2D eigenvalue weighted by molar-refractivity contribution is 5.76. The van der Waals surface area contributed by atoms with Gasteiger partial charge in [0.15, 0.2) is 11.9 Å². The average molecular weight is 415 g/mol. The molecule has 4 heteroatoms. The summed E-state index contributed by atoms with van der Waals surface area (Å²) in [7, 11) is 0. The van der Waals surface area contributed by atoms with Crippen LogP contribution in [0.5, 0.6) is 11.5 Å². The van der Waals surface area contributed by atoms with Crippen LogP contribution < -0.4 is 9.47 Å². The van der Waals surface area contributed by atoms with Crippen LogP contribution >= 0.6 is 0 Å². The summed E-state index contributed by atoms with van der Waals surface area (Å²) >= 11 is 0. The van der Waals surface area contributed by atoms with Gasteiger partial charge in [0, 0.05) is 6.54 Å². The van der Waals surface area contributed by atoms with Crippen molar-refractivity contribution in [1.29, 1.82) is 0 Å². The van der Waals surface area contributed by atoms with Crippen molar-refractivity contribution in [3.63, 3.8) is 0 Å². The Bertz CT molecular complexity index is 1110. The second kappa shape index (κ2) is 9.69. The SMILES string of the molecule is CCC(Oc1ccccc1)c1nc2ccccc2n1CCCOc1c(C)cccc1C. The number of rotatable bonds is 9. The van der Waals surface area contributed by atoms with Crippen LogP contribution in [0.2, 0.25) is 0 Å². The van der Waals surface area contributed by atoms with Crippen molar-refractivity contribution in [2.24, 2.45) is 0 Å². The second-order valence-corrected chi connectivity index (χ2v) is 7.86. The minimum atomic E-state index is -0.102. The van der Waals surface area contributed by atoms with Crippen LogP contribution in [0.3, 0.4) is 0 Å². The summed E-state index contributed by atoms with van der Waals surface area (Å²) in [5.41, 5.74) is 4.50. The van der Waals surface area contributed by atoms with Gasteiger partial charge in [-0.1, -0.05) is 55.5 Å². The molecule has 160 valence electrons. The molecule has 0 aliphatic heterocycles. The Balaban J connectivity index is 1.53. The van der Waals surface area contributed by atoms with Gasteiger partial charge in [-0.2, -0.15) is 0 Å². The van der Waals surface area contributed by atoms with E-state index in [4.69, 9.17) is 14.5 Å². The topological polar surface area (TPSA) is 36.3 Å². The van der Waals surface area contributed by atoms with Gasteiger partial charge in [0.25, 0.3) is 0 Å². The number of ether oxygens (including phenoxy) is 2. The number of aryl methyl sites for hydroxylation is 3. The molecular weight excluding hydrogens is 384 g/mol. The summed E-state index contributed by atoms with van der Waals surface area (Å²) in [6.45, 7) is 7.82. The largest absolute Gasteiger partial charge is 0.493 e. The van der Waals surface area contributed by atoms with Gasteiger partial charge >= 0.3 is 0 Å². The lowest BCUT2D eigenvalue weighted by molar-refractivity contribution is 0.185. The molecule has 1 aromatic heterocycles. The standard InChI is InChI=1S/C27H30N2O2/c1-4-25(31-22-14-6-5-7-15-22)27-28-23-16-8-9-17-24(23)29(27)18-11-19-30-26-20(2)12-10-13-21(26)3/h5-10,12-17,25H,4,11,18-19H2,1-3H3. The Morgan fingerprint density at radius 2 is 1.58 bits per heavy atom. The number of imidazole rings is 1. The third kappa shape index (κ3) is 4.74. The molecule has 0 saturated heterocycles. The van der Waals surface area contributed by atoms with Gasteiger partial charge in [-0.15, -0.1) is 0 Å². The van der Waals surface area contributed by atoms with Crippen LogP contribution in [-0.2, 0) is 6.54 Å². The quantitative estimate of drug-likeness (QED) is 0.288. The van der Waals surface area contributed by atoms with Gasteiger partial charge in [0.05, 0.1) is 17.6 Å². The Morgan fingerprint density at radius 1 is 0.871 bits per heavy atom. The van der Waals surface area contributed by atoms with E-state index in [0.29, 0.717) is 6.61 Å². The Kier molecular flexibility index (Phi) is 6.56. The fourth-order valence-electron chi connectivity index (χ4n) is 3.98. The highest BCUT2D eigenvalue weighted by Gasteiger charge is 2.20. The maximum atomic E-state index is 6.31. The Hall–Kier alpha value is -3.27. The highest BCUT2D eigenvalue weighted by atomic mass is 16.5. The van der Waals surface area contributed by atoms with Crippen molar-refractivity contribution >= 4 is 11.0 Å². The van der Waals surface area contributed by atoms with Crippen LogP contribution in [0.25, 0.3) is 11.0 Å². The maximum absolute atomic E-state index is 6.31. The highest BCUT2D eigenvalue weighted by Crippen LogP contribution is 2.28. The van der Waals surface area contributed by atoms with E-state index in [9.17, 15) is 0 Å². The second-order valence-electron chi connectivity index (χ2n) is 7.86. The van der Waals surface area contributed by atoms with E-state index in [-0.39, 0.29) is 6.10 Å². The third-order valence-corrected chi connectivity index (χ3v) is 5.55. The summed E-state index contributed by atoms with van der Waals surface area (Å²) in [4.78, 5) is 4.94. The molecule has 4 aromatic rings. The molecule has 4 rings (SSSR count). The molecule has 4 nitrogen and oxygen atoms in total. The third-order valence-electron chi connectivity index (χ3n) is 5.55. The van der Waals surface area contributed by atoms with E-state index in [1.165, 1.54) is 11.1 Å². The number of para-hydroxylation sites is 4. The van der Waals surface area contributed by atoms with Crippen molar-refractivity contribution in [2.45, 2.75) is 46.3 Å². The molecule has 1 atom stereocenters. The molecule has 3 aromatic carbocycles. The molecule has 0 radical (unpaired) electrons. The van der Waals surface area contributed by atoms with Gasteiger partial charge in [0.1, 0.15) is 11.5 Å². The number of aromatic nitrogens is 2. The van der Waals surface area contributed by atoms with E-state index in [1.54, 1.807) is 0 Å². The normalized spacial score (nSPS) is 12.1. The van der Waals surface area contributed by atoms with Crippen LogP contribution in [0.15, 0.2) is 72.8 Å². The van der Waals surface area contributed by atoms with E-state index >= 15 is 0 Å². The van der Waals surface area contributed by atoms with Crippen molar-refractivity contribution in [2.75, 3.05) is 6.61 Å². The zero-order valence-corrected chi connectivity index (χ0v) is 18.5. The van der Waals surface area contributed by atoms with E-state index in [2.05, 4.69) is 61.7 Å². The lowest BCUT2D eigenvalue weighted by Gasteiger charge is -2.19. The fourth-order valence-corrected chi connectivity index (χ4v) is 3.98. The zero-order valence-electron chi connectivity index (χ0n) is 18.5. The van der Waals surface area contributed by atoms with Crippen molar-refractivity contribution < 1.29 is 9.47 Å². The van der Waals surface area contributed by atoms with E-state index < -0.39 is 0 Å². The average Bonchev–Trinajstić information content (AvgIpc) is 3.16. The van der Waals surface area contributed by atoms with Crippen LogP contribution in [0, 0.1) is 13.8 Å². The fraction of sp³-hybridized carbons (Fsp3) is 0.296. The first-order valence-corrected chi connectivity index (χ1v) is 11.0. The first-order valence-electron chi connectivity index (χ1n) is 11.0. The molecule has 0 bridgehead atoms. The lowest BCUT2D eigenvalue weighted by atomic mass is 10.1. The molecule has 0 amide bonds.